The summed E-state index contributed by atoms with van der Waals surface area (Å²) in [7, 11) is 0. The zero-order valence-electron chi connectivity index (χ0n) is 15.8. The molecule has 1 aliphatic rings. The molecule has 1 saturated heterocycles. The molecule has 0 saturated carbocycles. The molecule has 27 heavy (non-hydrogen) atoms. The quantitative estimate of drug-likeness (QED) is 0.700. The van der Waals surface area contributed by atoms with Crippen LogP contribution in [0.1, 0.15) is 11.1 Å². The molecule has 0 spiro atoms. The molecular weight excluding hydrogens is 356 g/mol. The van der Waals surface area contributed by atoms with E-state index in [-0.39, 0.29) is 0 Å². The Kier molecular flexibility index (Phi) is 5.05. The Morgan fingerprint density at radius 3 is 2.26 bits per heavy atom. The van der Waals surface area contributed by atoms with Crippen LogP contribution >= 0.6 is 12.2 Å². The van der Waals surface area contributed by atoms with E-state index in [1.54, 1.807) is 4.68 Å². The fourth-order valence-electron chi connectivity index (χ4n) is 3.70. The normalized spacial score (nSPS) is 15.3. The highest BCUT2D eigenvalue weighted by Gasteiger charge is 2.21. The lowest BCUT2D eigenvalue weighted by Gasteiger charge is -2.33. The first-order chi connectivity index (χ1) is 13.1. The molecule has 140 valence electrons. The van der Waals surface area contributed by atoms with Gasteiger partial charge in [-0.15, -0.1) is 0 Å². The number of quaternary nitrogens is 1. The van der Waals surface area contributed by atoms with Crippen LogP contribution in [0.2, 0.25) is 0 Å². The molecule has 1 fully saturated rings. The van der Waals surface area contributed by atoms with Gasteiger partial charge >= 0.3 is 0 Å². The lowest BCUT2D eigenvalue weighted by molar-refractivity contribution is -0.924. The summed E-state index contributed by atoms with van der Waals surface area (Å²) in [6, 6.07) is 16.9. The fraction of sp³-hybridized carbons (Fsp3) is 0.350. The Hall–Kier alpha value is -2.51. The molecule has 0 radical (unpaired) electrons. The smallest absolute Gasteiger partial charge is 0.225 e. The minimum Gasteiger partial charge on any atom is -0.360 e. The average molecular weight is 382 g/mol. The first kappa shape index (κ1) is 17.9. The van der Waals surface area contributed by atoms with Gasteiger partial charge in [0.25, 0.3) is 0 Å². The summed E-state index contributed by atoms with van der Waals surface area (Å²) in [5.41, 5.74) is 4.68. The second kappa shape index (κ2) is 7.62. The zero-order chi connectivity index (χ0) is 18.8. The van der Waals surface area contributed by atoms with Crippen LogP contribution in [-0.2, 0) is 6.67 Å². The number of aromatic nitrogens is 4. The number of hydrogen-bond donors (Lipinski definition) is 1. The van der Waals surface area contributed by atoms with E-state index in [0.29, 0.717) is 4.77 Å². The predicted molar refractivity (Wildman–Crippen MR) is 109 cm³/mol. The van der Waals surface area contributed by atoms with Crippen molar-refractivity contribution < 1.29 is 4.90 Å². The third-order valence-corrected chi connectivity index (χ3v) is 5.44. The van der Waals surface area contributed by atoms with Gasteiger partial charge in [0.05, 0.1) is 31.9 Å². The Morgan fingerprint density at radius 2 is 1.59 bits per heavy atom. The van der Waals surface area contributed by atoms with Crippen LogP contribution in [0.3, 0.4) is 0 Å². The first-order valence-electron chi connectivity index (χ1n) is 9.35. The van der Waals surface area contributed by atoms with Crippen molar-refractivity contribution in [2.45, 2.75) is 20.5 Å². The van der Waals surface area contributed by atoms with Crippen molar-refractivity contribution in [3.05, 3.63) is 64.4 Å². The van der Waals surface area contributed by atoms with Crippen molar-refractivity contribution in [3.63, 3.8) is 0 Å². The highest BCUT2D eigenvalue weighted by atomic mass is 32.1. The van der Waals surface area contributed by atoms with Gasteiger partial charge in [-0.3, -0.25) is 0 Å². The minimum atomic E-state index is 0.651. The van der Waals surface area contributed by atoms with Crippen LogP contribution in [0.4, 0.5) is 5.69 Å². The van der Waals surface area contributed by atoms with Crippen LogP contribution in [0.15, 0.2) is 48.5 Å². The third kappa shape index (κ3) is 3.94. The second-order valence-corrected chi connectivity index (χ2v) is 7.61. The van der Waals surface area contributed by atoms with Crippen molar-refractivity contribution >= 4 is 17.9 Å². The van der Waals surface area contributed by atoms with E-state index in [4.69, 9.17) is 12.2 Å². The standard InChI is InChI=1S/C20H24N6S/c1-16-12-17(2)14-19(13-16)26-20(27)25(21-22-26)15-23-8-10-24(11-9-23)18-6-4-3-5-7-18/h3-7,12-14H,8-11,15H2,1-2H3/p+1. The lowest BCUT2D eigenvalue weighted by Crippen LogP contribution is -3.14. The number of aryl methyl sites for hydroxylation is 2. The lowest BCUT2D eigenvalue weighted by atomic mass is 10.1. The Balaban J connectivity index is 1.44. The molecule has 0 bridgehead atoms. The highest BCUT2D eigenvalue weighted by Crippen LogP contribution is 2.13. The summed E-state index contributed by atoms with van der Waals surface area (Å²) >= 11 is 5.64. The number of hydrogen-bond acceptors (Lipinski definition) is 4. The largest absolute Gasteiger partial charge is 0.360 e. The SMILES string of the molecule is Cc1cc(C)cc(-n2nnn(C[NH+]3CCN(c4ccccc4)CC3)c2=S)c1. The number of nitrogens with one attached hydrogen (secondary N) is 1. The number of nitrogens with zero attached hydrogens (tertiary/aromatic N) is 5. The van der Waals surface area contributed by atoms with E-state index in [1.165, 1.54) is 21.7 Å². The van der Waals surface area contributed by atoms with Gasteiger partial charge in [0.15, 0.2) is 6.67 Å². The second-order valence-electron chi connectivity index (χ2n) is 7.25. The monoisotopic (exact) mass is 381 g/mol. The van der Waals surface area contributed by atoms with E-state index in [0.717, 1.165) is 38.5 Å². The Labute approximate surface area is 164 Å². The van der Waals surface area contributed by atoms with E-state index in [9.17, 15) is 0 Å². The van der Waals surface area contributed by atoms with Gasteiger partial charge in [-0.2, -0.15) is 9.36 Å². The van der Waals surface area contributed by atoms with Gasteiger partial charge in [-0.05, 0) is 71.9 Å². The Morgan fingerprint density at radius 1 is 0.926 bits per heavy atom. The van der Waals surface area contributed by atoms with Gasteiger partial charge in [-0.25, -0.2) is 0 Å². The number of tetrazole rings is 1. The molecule has 2 heterocycles. The summed E-state index contributed by atoms with van der Waals surface area (Å²) in [6.45, 7) is 9.13. The first-order valence-corrected chi connectivity index (χ1v) is 9.76. The third-order valence-electron chi connectivity index (χ3n) is 5.06. The van der Waals surface area contributed by atoms with E-state index >= 15 is 0 Å². The van der Waals surface area contributed by atoms with Gasteiger partial charge in [0, 0.05) is 5.69 Å². The molecule has 6 nitrogen and oxygen atoms in total. The molecule has 1 N–H and O–H groups in total. The molecule has 0 unspecified atom stereocenters. The molecule has 1 aromatic heterocycles. The summed E-state index contributed by atoms with van der Waals surface area (Å²) < 4.78 is 4.26. The topological polar surface area (TPSA) is 43.3 Å². The van der Waals surface area contributed by atoms with Gasteiger partial charge in [-0.1, -0.05) is 24.3 Å². The summed E-state index contributed by atoms with van der Waals surface area (Å²) in [5, 5.41) is 8.61. The van der Waals surface area contributed by atoms with E-state index in [1.807, 2.05) is 4.68 Å². The number of benzene rings is 2. The number of para-hydroxylation sites is 1. The van der Waals surface area contributed by atoms with Gasteiger partial charge in [0.2, 0.25) is 4.77 Å². The highest BCUT2D eigenvalue weighted by molar-refractivity contribution is 7.71. The van der Waals surface area contributed by atoms with Crippen molar-refractivity contribution in [2.24, 2.45) is 0 Å². The van der Waals surface area contributed by atoms with Crippen LogP contribution in [0.25, 0.3) is 5.69 Å². The van der Waals surface area contributed by atoms with E-state index < -0.39 is 0 Å². The van der Waals surface area contributed by atoms with Crippen LogP contribution in [0.5, 0.6) is 0 Å². The maximum Gasteiger partial charge on any atom is 0.225 e. The zero-order valence-corrected chi connectivity index (χ0v) is 16.6. The van der Waals surface area contributed by atoms with Crippen molar-refractivity contribution in [3.8, 4) is 5.69 Å². The molecular formula is C20H25N6S+. The molecule has 0 atom stereocenters. The summed E-state index contributed by atoms with van der Waals surface area (Å²) in [5.74, 6) is 0. The molecule has 4 rings (SSSR count). The number of rotatable bonds is 4. The van der Waals surface area contributed by atoms with Crippen LogP contribution in [0, 0.1) is 18.6 Å². The maximum absolute atomic E-state index is 5.64. The van der Waals surface area contributed by atoms with E-state index in [2.05, 4.69) is 77.7 Å². The molecule has 0 aliphatic carbocycles. The van der Waals surface area contributed by atoms with Crippen molar-refractivity contribution in [2.75, 3.05) is 31.1 Å². The van der Waals surface area contributed by atoms with Crippen molar-refractivity contribution in [1.82, 2.24) is 19.8 Å². The molecule has 0 amide bonds. The molecule has 7 heteroatoms. The Bertz CT molecular complexity index is 949. The predicted octanol–water partition coefficient (Wildman–Crippen LogP) is 1.78. The number of piperazine rings is 1. The summed E-state index contributed by atoms with van der Waals surface area (Å²) in [4.78, 5) is 3.92. The van der Waals surface area contributed by atoms with Crippen molar-refractivity contribution in [1.29, 1.82) is 0 Å². The summed E-state index contributed by atoms with van der Waals surface area (Å²) in [6.07, 6.45) is 0. The minimum absolute atomic E-state index is 0.651. The van der Waals surface area contributed by atoms with Crippen LogP contribution < -0.4 is 9.80 Å². The molecule has 1 aliphatic heterocycles. The van der Waals surface area contributed by atoms with Crippen LogP contribution in [-0.4, -0.2) is 46.0 Å². The fourth-order valence-corrected chi connectivity index (χ4v) is 3.94. The average Bonchev–Trinajstić information content (AvgIpc) is 3.03. The molecule has 3 aromatic rings. The van der Waals surface area contributed by atoms with Gasteiger partial charge < -0.3 is 9.80 Å². The van der Waals surface area contributed by atoms with Gasteiger partial charge in [0.1, 0.15) is 0 Å². The maximum atomic E-state index is 5.64. The molecule has 2 aromatic carbocycles. The number of anilines is 1.